The molecule has 1 aliphatic heterocycles. The molecule has 2 heterocycles. The lowest BCUT2D eigenvalue weighted by Gasteiger charge is -2.20. The van der Waals surface area contributed by atoms with E-state index in [1.54, 1.807) is 54.7 Å². The number of piperidine rings is 1. The molecule has 4 N–H and O–H groups in total. The SMILES string of the molecule is CCOc1ccc(S(=O)(=O)C(NCc2ccc(C(N)=O)c(C3C4CNCC43)c2)c2ccccn2)cc1. The molecule has 0 bridgehead atoms. The topological polar surface area (TPSA) is 123 Å². The molecule has 2 aromatic carbocycles. The Balaban J connectivity index is 1.42. The number of sulfone groups is 1. The first kappa shape index (κ1) is 24.4. The summed E-state index contributed by atoms with van der Waals surface area (Å²) in [6.45, 7) is 4.54. The van der Waals surface area contributed by atoms with Gasteiger partial charge in [-0.2, -0.15) is 0 Å². The Kier molecular flexibility index (Phi) is 6.79. The molecule has 188 valence electrons. The lowest BCUT2D eigenvalue weighted by atomic mass is 9.97. The molecule has 9 heteroatoms. The van der Waals surface area contributed by atoms with Crippen LogP contribution in [0.2, 0.25) is 0 Å². The van der Waals surface area contributed by atoms with Crippen molar-refractivity contribution in [1.29, 1.82) is 0 Å². The molecule has 0 radical (unpaired) electrons. The largest absolute Gasteiger partial charge is 0.494 e. The number of hydrogen-bond acceptors (Lipinski definition) is 7. The highest BCUT2D eigenvalue weighted by molar-refractivity contribution is 7.91. The molecular weight excluding hydrogens is 476 g/mol. The number of rotatable bonds is 10. The molecule has 3 aromatic rings. The van der Waals surface area contributed by atoms with Crippen LogP contribution in [-0.2, 0) is 16.4 Å². The predicted octanol–water partition coefficient (Wildman–Crippen LogP) is 2.77. The molecule has 2 fully saturated rings. The first-order chi connectivity index (χ1) is 17.4. The molecule has 1 saturated carbocycles. The van der Waals surface area contributed by atoms with E-state index >= 15 is 0 Å². The lowest BCUT2D eigenvalue weighted by molar-refractivity contribution is 0.0999. The van der Waals surface area contributed by atoms with Gasteiger partial charge in [0, 0.05) is 18.3 Å². The van der Waals surface area contributed by atoms with Crippen molar-refractivity contribution in [3.63, 3.8) is 0 Å². The molecule has 0 spiro atoms. The zero-order chi connectivity index (χ0) is 25.3. The number of aromatic nitrogens is 1. The predicted molar refractivity (Wildman–Crippen MR) is 136 cm³/mol. The third-order valence-electron chi connectivity index (χ3n) is 7.05. The van der Waals surface area contributed by atoms with Crippen LogP contribution in [0.3, 0.4) is 0 Å². The van der Waals surface area contributed by atoms with Crippen LogP contribution < -0.4 is 21.1 Å². The molecule has 8 nitrogen and oxygen atoms in total. The lowest BCUT2D eigenvalue weighted by Crippen LogP contribution is -2.29. The van der Waals surface area contributed by atoms with Gasteiger partial charge in [0.15, 0.2) is 15.2 Å². The van der Waals surface area contributed by atoms with Crippen molar-refractivity contribution in [2.75, 3.05) is 19.7 Å². The number of hydrogen-bond donors (Lipinski definition) is 3. The van der Waals surface area contributed by atoms with Gasteiger partial charge < -0.3 is 15.8 Å². The van der Waals surface area contributed by atoms with E-state index in [2.05, 4.69) is 15.6 Å². The van der Waals surface area contributed by atoms with Gasteiger partial charge in [-0.05, 0) is 91.4 Å². The Hall–Kier alpha value is -3.27. The van der Waals surface area contributed by atoms with Crippen molar-refractivity contribution in [2.24, 2.45) is 17.6 Å². The van der Waals surface area contributed by atoms with Gasteiger partial charge in [-0.3, -0.25) is 15.1 Å². The Morgan fingerprint density at radius 2 is 1.89 bits per heavy atom. The van der Waals surface area contributed by atoms with Crippen molar-refractivity contribution in [3.05, 3.63) is 89.2 Å². The summed E-state index contributed by atoms with van der Waals surface area (Å²) >= 11 is 0. The maximum absolute atomic E-state index is 13.7. The van der Waals surface area contributed by atoms with Crippen molar-refractivity contribution >= 4 is 15.7 Å². The van der Waals surface area contributed by atoms with E-state index in [1.807, 2.05) is 19.1 Å². The fourth-order valence-corrected chi connectivity index (χ4v) is 6.79. The summed E-state index contributed by atoms with van der Waals surface area (Å²) in [4.78, 5) is 16.6. The molecule has 1 amide bonds. The van der Waals surface area contributed by atoms with E-state index in [0.29, 0.717) is 41.4 Å². The molecule has 2 aliphatic rings. The van der Waals surface area contributed by atoms with Crippen LogP contribution in [0.1, 0.15) is 45.4 Å². The van der Waals surface area contributed by atoms with Crippen molar-refractivity contribution in [3.8, 4) is 5.75 Å². The average molecular weight is 507 g/mol. The molecule has 3 unspecified atom stereocenters. The molecule has 1 saturated heterocycles. The normalized spacial score (nSPS) is 21.5. The number of amides is 1. The maximum Gasteiger partial charge on any atom is 0.248 e. The summed E-state index contributed by atoms with van der Waals surface area (Å²) in [7, 11) is -3.82. The van der Waals surface area contributed by atoms with Crippen LogP contribution >= 0.6 is 0 Å². The first-order valence-electron chi connectivity index (χ1n) is 12.1. The van der Waals surface area contributed by atoms with Gasteiger partial charge >= 0.3 is 0 Å². The van der Waals surface area contributed by atoms with Crippen molar-refractivity contribution in [2.45, 2.75) is 29.7 Å². The number of pyridine rings is 1. The fraction of sp³-hybridized carbons (Fsp3) is 0.333. The fourth-order valence-electron chi connectivity index (χ4n) is 5.25. The van der Waals surface area contributed by atoms with Gasteiger partial charge in [-0.1, -0.05) is 18.2 Å². The Bertz CT molecular complexity index is 1340. The Labute approximate surface area is 211 Å². The highest BCUT2D eigenvalue weighted by Gasteiger charge is 2.54. The maximum atomic E-state index is 13.7. The monoisotopic (exact) mass is 506 g/mol. The summed E-state index contributed by atoms with van der Waals surface area (Å²) in [6.07, 6.45) is 1.58. The molecule has 3 atom stereocenters. The van der Waals surface area contributed by atoms with Gasteiger partial charge in [-0.25, -0.2) is 8.42 Å². The van der Waals surface area contributed by atoms with Crippen LogP contribution in [-0.4, -0.2) is 39.0 Å². The number of fused-ring (bicyclic) bond motifs is 1. The van der Waals surface area contributed by atoms with Crippen LogP contribution in [0.5, 0.6) is 5.75 Å². The van der Waals surface area contributed by atoms with Crippen LogP contribution in [0.4, 0.5) is 0 Å². The van der Waals surface area contributed by atoms with Gasteiger partial charge in [0.2, 0.25) is 5.91 Å². The zero-order valence-corrected chi connectivity index (χ0v) is 20.9. The van der Waals surface area contributed by atoms with Crippen LogP contribution in [0, 0.1) is 11.8 Å². The highest BCUT2D eigenvalue weighted by atomic mass is 32.2. The second kappa shape index (κ2) is 10.0. The minimum Gasteiger partial charge on any atom is -0.494 e. The van der Waals surface area contributed by atoms with Crippen molar-refractivity contribution < 1.29 is 17.9 Å². The van der Waals surface area contributed by atoms with E-state index < -0.39 is 21.1 Å². The third-order valence-corrected chi connectivity index (χ3v) is 9.01. The number of nitrogens with one attached hydrogen (secondary N) is 2. The Morgan fingerprint density at radius 3 is 2.53 bits per heavy atom. The number of primary amides is 1. The van der Waals surface area contributed by atoms with E-state index in [4.69, 9.17) is 10.5 Å². The van der Waals surface area contributed by atoms with E-state index in [9.17, 15) is 13.2 Å². The molecule has 1 aliphatic carbocycles. The standard InChI is InChI=1S/C27H30N4O4S/c1-2-35-18-7-9-19(10-8-18)36(33,34)27(24-5-3-4-12-30-24)31-14-17-6-11-20(26(28)32)21(13-17)25-22-15-29-16-23(22)25/h3-13,22-23,25,27,29,31H,2,14-16H2,1H3,(H2,28,32). The van der Waals surface area contributed by atoms with Gasteiger partial charge in [0.05, 0.1) is 17.2 Å². The van der Waals surface area contributed by atoms with Crippen molar-refractivity contribution in [1.82, 2.24) is 15.6 Å². The van der Waals surface area contributed by atoms with Gasteiger partial charge in [0.25, 0.3) is 0 Å². The number of ether oxygens (including phenoxy) is 1. The number of nitrogens with two attached hydrogens (primary N) is 1. The minimum absolute atomic E-state index is 0.178. The highest BCUT2D eigenvalue weighted by Crippen LogP contribution is 2.56. The summed E-state index contributed by atoms with van der Waals surface area (Å²) < 4.78 is 32.8. The first-order valence-corrected chi connectivity index (χ1v) is 13.7. The molecule has 1 aromatic heterocycles. The van der Waals surface area contributed by atoms with E-state index in [0.717, 1.165) is 24.2 Å². The number of carbonyl (C=O) groups is 1. The quantitative estimate of drug-likeness (QED) is 0.386. The zero-order valence-electron chi connectivity index (χ0n) is 20.1. The molecular formula is C27H30N4O4S. The minimum atomic E-state index is -3.82. The third kappa shape index (κ3) is 4.74. The summed E-state index contributed by atoms with van der Waals surface area (Å²) in [6, 6.07) is 17.2. The van der Waals surface area contributed by atoms with Gasteiger partial charge in [0.1, 0.15) is 5.75 Å². The van der Waals surface area contributed by atoms with Crippen LogP contribution in [0.15, 0.2) is 71.8 Å². The smallest absolute Gasteiger partial charge is 0.248 e. The van der Waals surface area contributed by atoms with E-state index in [1.165, 1.54) is 0 Å². The van der Waals surface area contributed by atoms with Crippen LogP contribution in [0.25, 0.3) is 0 Å². The number of nitrogens with zero attached hydrogens (tertiary/aromatic N) is 1. The number of carbonyl (C=O) groups excluding carboxylic acids is 1. The number of benzene rings is 2. The second-order valence-corrected chi connectivity index (χ2v) is 11.3. The second-order valence-electron chi connectivity index (χ2n) is 9.26. The molecule has 5 rings (SSSR count). The Morgan fingerprint density at radius 1 is 1.14 bits per heavy atom. The average Bonchev–Trinajstić information content (AvgIpc) is 3.35. The molecule has 36 heavy (non-hydrogen) atoms. The summed E-state index contributed by atoms with van der Waals surface area (Å²) in [5.74, 6) is 1.53. The summed E-state index contributed by atoms with van der Waals surface area (Å²) in [5, 5.41) is 5.53. The van der Waals surface area contributed by atoms with Gasteiger partial charge in [-0.15, -0.1) is 0 Å². The van der Waals surface area contributed by atoms with E-state index in [-0.39, 0.29) is 11.4 Å². The summed E-state index contributed by atoms with van der Waals surface area (Å²) in [5.41, 5.74) is 8.46.